The van der Waals surface area contributed by atoms with Gasteiger partial charge in [0.2, 0.25) is 5.91 Å². The summed E-state index contributed by atoms with van der Waals surface area (Å²) < 4.78 is 38.8. The van der Waals surface area contributed by atoms with Crippen molar-refractivity contribution in [3.63, 3.8) is 0 Å². The Kier molecular flexibility index (Phi) is 4.63. The molecule has 1 amide bonds. The summed E-state index contributed by atoms with van der Waals surface area (Å²) in [6, 6.07) is 3.52. The number of aromatic nitrogens is 2. The first kappa shape index (κ1) is 18.0. The van der Waals surface area contributed by atoms with Crippen LogP contribution >= 0.6 is 0 Å². The lowest BCUT2D eigenvalue weighted by atomic mass is 10.1. The molecule has 0 aromatic carbocycles. The van der Waals surface area contributed by atoms with Gasteiger partial charge in [0.1, 0.15) is 17.6 Å². The highest BCUT2D eigenvalue weighted by atomic mass is 19.4. The highest BCUT2D eigenvalue weighted by molar-refractivity contribution is 5.90. The molecule has 0 saturated carbocycles. The maximum absolute atomic E-state index is 12.9. The molecule has 4 rings (SSSR count). The summed E-state index contributed by atoms with van der Waals surface area (Å²) in [6.45, 7) is 3.23. The van der Waals surface area contributed by atoms with Crippen LogP contribution in [0.2, 0.25) is 0 Å². The van der Waals surface area contributed by atoms with Crippen LogP contribution in [0.3, 0.4) is 0 Å². The summed E-state index contributed by atoms with van der Waals surface area (Å²) >= 11 is 0. The number of fused-ring (bicyclic) bond motifs is 1. The number of halogens is 3. The Morgan fingerprint density at radius 3 is 2.67 bits per heavy atom. The average Bonchev–Trinajstić information content (AvgIpc) is 3.20. The number of piperazine rings is 1. The molecule has 27 heavy (non-hydrogen) atoms. The Hall–Kier alpha value is -2.42. The van der Waals surface area contributed by atoms with Crippen LogP contribution < -0.4 is 10.2 Å². The molecule has 144 valence electrons. The second kappa shape index (κ2) is 6.95. The van der Waals surface area contributed by atoms with Gasteiger partial charge in [-0.3, -0.25) is 4.79 Å². The summed E-state index contributed by atoms with van der Waals surface area (Å²) in [5, 5.41) is 3.80. The number of alkyl halides is 3. The molecular formula is C18H20F3N5O. The van der Waals surface area contributed by atoms with Gasteiger partial charge in [-0.25, -0.2) is 9.97 Å². The second-order valence-electron chi connectivity index (χ2n) is 6.88. The molecule has 2 aromatic heterocycles. The van der Waals surface area contributed by atoms with Crippen molar-refractivity contribution in [2.75, 3.05) is 37.6 Å². The van der Waals surface area contributed by atoms with Crippen LogP contribution in [0.25, 0.3) is 10.9 Å². The fourth-order valence-corrected chi connectivity index (χ4v) is 3.71. The van der Waals surface area contributed by atoms with Crippen molar-refractivity contribution in [3.8, 4) is 0 Å². The number of carbonyl (C=O) groups excluding carboxylic acids is 1. The van der Waals surface area contributed by atoms with Gasteiger partial charge in [0.25, 0.3) is 0 Å². The van der Waals surface area contributed by atoms with Gasteiger partial charge in [0.05, 0.1) is 5.52 Å². The summed E-state index contributed by atoms with van der Waals surface area (Å²) in [4.78, 5) is 24.6. The molecule has 2 fully saturated rings. The van der Waals surface area contributed by atoms with Gasteiger partial charge in [0, 0.05) is 44.3 Å². The monoisotopic (exact) mass is 379 g/mol. The Bertz CT molecular complexity index is 850. The molecule has 1 N–H and O–H groups in total. The van der Waals surface area contributed by atoms with Gasteiger partial charge in [-0.1, -0.05) is 0 Å². The number of nitrogens with zero attached hydrogens (tertiary/aromatic N) is 4. The molecule has 0 radical (unpaired) electrons. The number of nitrogens with one attached hydrogen (secondary N) is 1. The SMILES string of the molecule is O=C(C1CN(c2nccc3nc(C(F)(F)F)ccc23)CCN1)N1CCCC1. The molecule has 2 aromatic rings. The Balaban J connectivity index is 1.60. The minimum Gasteiger partial charge on any atom is -0.353 e. The molecule has 0 aliphatic carbocycles. The van der Waals surface area contributed by atoms with E-state index in [0.29, 0.717) is 30.8 Å². The quantitative estimate of drug-likeness (QED) is 0.866. The molecule has 9 heteroatoms. The zero-order valence-corrected chi connectivity index (χ0v) is 14.7. The van der Waals surface area contributed by atoms with E-state index in [0.717, 1.165) is 32.0 Å². The fraction of sp³-hybridized carbons (Fsp3) is 0.500. The van der Waals surface area contributed by atoms with Crippen molar-refractivity contribution >= 4 is 22.6 Å². The molecule has 0 spiro atoms. The summed E-state index contributed by atoms with van der Waals surface area (Å²) in [6.07, 6.45) is -0.968. The minimum atomic E-state index is -4.49. The summed E-state index contributed by atoms with van der Waals surface area (Å²) in [7, 11) is 0. The highest BCUT2D eigenvalue weighted by Crippen LogP contribution is 2.31. The van der Waals surface area contributed by atoms with Crippen LogP contribution in [0.1, 0.15) is 18.5 Å². The Morgan fingerprint density at radius 2 is 1.93 bits per heavy atom. The fourth-order valence-electron chi connectivity index (χ4n) is 3.71. The smallest absolute Gasteiger partial charge is 0.353 e. The molecule has 4 heterocycles. The van der Waals surface area contributed by atoms with Gasteiger partial charge in [0.15, 0.2) is 0 Å². The number of amides is 1. The van der Waals surface area contributed by atoms with Gasteiger partial charge in [-0.15, -0.1) is 0 Å². The van der Waals surface area contributed by atoms with Crippen LogP contribution in [0.5, 0.6) is 0 Å². The van der Waals surface area contributed by atoms with Crippen LogP contribution in [-0.4, -0.2) is 59.5 Å². The van der Waals surface area contributed by atoms with Crippen LogP contribution in [0, 0.1) is 0 Å². The third-order valence-electron chi connectivity index (χ3n) is 5.08. The lowest BCUT2D eigenvalue weighted by molar-refractivity contribution is -0.141. The number of carbonyl (C=O) groups is 1. The van der Waals surface area contributed by atoms with Crippen LogP contribution in [0.15, 0.2) is 24.4 Å². The van der Waals surface area contributed by atoms with Gasteiger partial charge in [-0.05, 0) is 31.0 Å². The van der Waals surface area contributed by atoms with Gasteiger partial charge >= 0.3 is 6.18 Å². The van der Waals surface area contributed by atoms with Crippen molar-refractivity contribution in [3.05, 3.63) is 30.1 Å². The van der Waals surface area contributed by atoms with E-state index in [-0.39, 0.29) is 17.5 Å². The van der Waals surface area contributed by atoms with E-state index in [1.54, 1.807) is 0 Å². The lowest BCUT2D eigenvalue weighted by Gasteiger charge is -2.35. The highest BCUT2D eigenvalue weighted by Gasteiger charge is 2.34. The Labute approximate surface area is 154 Å². The molecule has 2 saturated heterocycles. The number of hydrogen-bond donors (Lipinski definition) is 1. The standard InChI is InChI=1S/C18H20F3N5O/c19-18(20,21)15-4-3-12-13(24-15)5-6-23-16(12)26-10-7-22-14(11-26)17(27)25-8-1-2-9-25/h3-6,14,22H,1-2,7-11H2. The number of hydrogen-bond acceptors (Lipinski definition) is 5. The first-order chi connectivity index (χ1) is 12.9. The second-order valence-corrected chi connectivity index (χ2v) is 6.88. The predicted octanol–water partition coefficient (Wildman–Crippen LogP) is 2.05. The minimum absolute atomic E-state index is 0.0786. The van der Waals surface area contributed by atoms with Crippen LogP contribution in [0.4, 0.5) is 19.0 Å². The third-order valence-corrected chi connectivity index (χ3v) is 5.08. The van der Waals surface area contributed by atoms with Crippen molar-refractivity contribution in [2.45, 2.75) is 25.1 Å². The van der Waals surface area contributed by atoms with E-state index >= 15 is 0 Å². The molecule has 1 atom stereocenters. The summed E-state index contributed by atoms with van der Waals surface area (Å²) in [5.41, 5.74) is -0.676. The largest absolute Gasteiger partial charge is 0.433 e. The maximum atomic E-state index is 12.9. The van der Waals surface area contributed by atoms with E-state index in [2.05, 4.69) is 15.3 Å². The normalized spacial score (nSPS) is 21.1. The Morgan fingerprint density at radius 1 is 1.15 bits per heavy atom. The number of likely N-dealkylation sites (tertiary alicyclic amines) is 1. The van der Waals surface area contributed by atoms with E-state index in [1.807, 2.05) is 9.80 Å². The van der Waals surface area contributed by atoms with Crippen molar-refractivity contribution in [1.29, 1.82) is 0 Å². The molecule has 6 nitrogen and oxygen atoms in total. The van der Waals surface area contributed by atoms with E-state index < -0.39 is 11.9 Å². The molecular weight excluding hydrogens is 359 g/mol. The van der Waals surface area contributed by atoms with Crippen molar-refractivity contribution in [1.82, 2.24) is 20.2 Å². The van der Waals surface area contributed by atoms with E-state index in [1.165, 1.54) is 18.3 Å². The first-order valence-corrected chi connectivity index (χ1v) is 9.03. The van der Waals surface area contributed by atoms with Crippen molar-refractivity contribution < 1.29 is 18.0 Å². The molecule has 2 aliphatic rings. The van der Waals surface area contributed by atoms with Crippen molar-refractivity contribution in [2.24, 2.45) is 0 Å². The molecule has 2 aliphatic heterocycles. The number of pyridine rings is 2. The third kappa shape index (κ3) is 3.55. The topological polar surface area (TPSA) is 61.4 Å². The number of rotatable bonds is 2. The number of anilines is 1. The first-order valence-electron chi connectivity index (χ1n) is 9.03. The van der Waals surface area contributed by atoms with Crippen LogP contribution in [-0.2, 0) is 11.0 Å². The van der Waals surface area contributed by atoms with E-state index in [4.69, 9.17) is 0 Å². The maximum Gasteiger partial charge on any atom is 0.433 e. The predicted molar refractivity (Wildman–Crippen MR) is 94.4 cm³/mol. The summed E-state index contributed by atoms with van der Waals surface area (Å²) in [5.74, 6) is 0.643. The zero-order chi connectivity index (χ0) is 19.0. The average molecular weight is 379 g/mol. The molecule has 0 bridgehead atoms. The molecule has 1 unspecified atom stereocenters. The zero-order valence-electron chi connectivity index (χ0n) is 14.7. The lowest BCUT2D eigenvalue weighted by Crippen LogP contribution is -2.57. The van der Waals surface area contributed by atoms with E-state index in [9.17, 15) is 18.0 Å². The van der Waals surface area contributed by atoms with Gasteiger partial charge in [-0.2, -0.15) is 13.2 Å². The van der Waals surface area contributed by atoms with Gasteiger partial charge < -0.3 is 15.1 Å².